The van der Waals surface area contributed by atoms with Gasteiger partial charge in [-0.1, -0.05) is 17.7 Å². The molecule has 2 aliphatic heterocycles. The molecule has 2 aliphatic rings. The minimum atomic E-state index is -0.502. The number of rotatable bonds is 8. The predicted octanol–water partition coefficient (Wildman–Crippen LogP) is 3.94. The average Bonchev–Trinajstić information content (AvgIpc) is 3.29. The Morgan fingerprint density at radius 3 is 2.72 bits per heavy atom. The van der Waals surface area contributed by atoms with Crippen molar-refractivity contribution in [3.63, 3.8) is 0 Å². The molecule has 0 amide bonds. The molecule has 2 fully saturated rings. The summed E-state index contributed by atoms with van der Waals surface area (Å²) in [4.78, 5) is 23.7. The molecule has 1 N–H and O–H groups in total. The van der Waals surface area contributed by atoms with E-state index in [4.69, 9.17) is 25.8 Å². The van der Waals surface area contributed by atoms with E-state index in [-0.39, 0.29) is 29.4 Å². The molecule has 2 atom stereocenters. The molecule has 0 aliphatic carbocycles. The fraction of sp³-hybridized carbons (Fsp3) is 0.346. The Morgan fingerprint density at radius 2 is 2.00 bits per heavy atom. The molecule has 8 nitrogen and oxygen atoms in total. The van der Waals surface area contributed by atoms with Crippen LogP contribution in [0.4, 0.5) is 15.9 Å². The maximum atomic E-state index is 13.5. The molecule has 5 rings (SSSR count). The summed E-state index contributed by atoms with van der Waals surface area (Å²) in [5.74, 6) is 0.526. The van der Waals surface area contributed by atoms with Gasteiger partial charge in [0.15, 0.2) is 5.78 Å². The summed E-state index contributed by atoms with van der Waals surface area (Å²) in [6, 6.07) is 7.95. The van der Waals surface area contributed by atoms with Crippen LogP contribution in [0.5, 0.6) is 5.75 Å². The molecule has 0 radical (unpaired) electrons. The van der Waals surface area contributed by atoms with E-state index in [1.54, 1.807) is 25.3 Å². The number of likely N-dealkylation sites (tertiary alicyclic amines) is 1. The molecule has 3 aromatic rings. The van der Waals surface area contributed by atoms with Gasteiger partial charge in [-0.15, -0.1) is 0 Å². The molecule has 2 saturated heterocycles. The monoisotopic (exact) mass is 512 g/mol. The Morgan fingerprint density at radius 1 is 1.22 bits per heavy atom. The summed E-state index contributed by atoms with van der Waals surface area (Å²) in [5, 5.41) is 3.86. The summed E-state index contributed by atoms with van der Waals surface area (Å²) in [5.41, 5.74) is 1.93. The van der Waals surface area contributed by atoms with E-state index in [2.05, 4.69) is 20.2 Å². The van der Waals surface area contributed by atoms with Gasteiger partial charge in [-0.3, -0.25) is 9.69 Å². The lowest BCUT2D eigenvalue weighted by atomic mass is 10.0. The second kappa shape index (κ2) is 10.9. The van der Waals surface area contributed by atoms with Crippen molar-refractivity contribution in [3.8, 4) is 5.75 Å². The third-order valence-electron chi connectivity index (χ3n) is 6.29. The Hall–Kier alpha value is -3.11. The highest BCUT2D eigenvalue weighted by molar-refractivity contribution is 6.31. The zero-order valence-corrected chi connectivity index (χ0v) is 20.5. The maximum absolute atomic E-state index is 13.5. The van der Waals surface area contributed by atoms with Crippen LogP contribution in [0.2, 0.25) is 5.02 Å². The van der Waals surface area contributed by atoms with Crippen LogP contribution in [0.15, 0.2) is 48.8 Å². The average molecular weight is 513 g/mol. The number of aromatic nitrogens is 2. The number of nitrogens with zero attached hydrogens (tertiary/aromatic N) is 3. The molecule has 10 heteroatoms. The number of ketones is 1. The van der Waals surface area contributed by atoms with Crippen LogP contribution >= 0.6 is 11.6 Å². The number of benzene rings is 2. The van der Waals surface area contributed by atoms with E-state index in [0.29, 0.717) is 53.5 Å². The van der Waals surface area contributed by atoms with Gasteiger partial charge in [-0.25, -0.2) is 14.4 Å². The van der Waals surface area contributed by atoms with Gasteiger partial charge in [0.25, 0.3) is 0 Å². The molecule has 0 spiro atoms. The molecule has 2 aromatic carbocycles. The number of allylic oxidation sites excluding steroid dienone is 1. The molecular weight excluding hydrogens is 487 g/mol. The maximum Gasteiger partial charge on any atom is 0.159 e. The third-order valence-corrected chi connectivity index (χ3v) is 6.58. The quantitative estimate of drug-likeness (QED) is 0.454. The van der Waals surface area contributed by atoms with Gasteiger partial charge in [0, 0.05) is 48.8 Å². The van der Waals surface area contributed by atoms with Gasteiger partial charge in [-0.05, 0) is 30.3 Å². The molecule has 3 heterocycles. The Labute approximate surface area is 213 Å². The zero-order valence-electron chi connectivity index (χ0n) is 19.7. The predicted molar refractivity (Wildman–Crippen MR) is 135 cm³/mol. The second-order valence-corrected chi connectivity index (χ2v) is 9.15. The number of carbonyl (C=O) groups excluding carboxylic acids is 1. The van der Waals surface area contributed by atoms with Crippen molar-refractivity contribution >= 4 is 39.8 Å². The second-order valence-electron chi connectivity index (χ2n) is 8.74. The van der Waals surface area contributed by atoms with E-state index in [1.165, 1.54) is 18.5 Å². The van der Waals surface area contributed by atoms with Gasteiger partial charge < -0.3 is 19.5 Å². The number of carbonyl (C=O) groups is 1. The van der Waals surface area contributed by atoms with Gasteiger partial charge in [0.2, 0.25) is 0 Å². The van der Waals surface area contributed by atoms with E-state index in [1.807, 2.05) is 12.1 Å². The van der Waals surface area contributed by atoms with Crippen molar-refractivity contribution in [1.82, 2.24) is 14.9 Å². The Kier molecular flexibility index (Phi) is 7.43. The molecular formula is C26H26ClFN4O4. The highest BCUT2D eigenvalue weighted by atomic mass is 35.5. The highest BCUT2D eigenvalue weighted by Crippen LogP contribution is 2.31. The topological polar surface area (TPSA) is 85.8 Å². The first kappa shape index (κ1) is 24.6. The zero-order chi connectivity index (χ0) is 25.1. The summed E-state index contributed by atoms with van der Waals surface area (Å²) >= 11 is 5.91. The van der Waals surface area contributed by atoms with E-state index >= 15 is 0 Å². The summed E-state index contributed by atoms with van der Waals surface area (Å²) in [6.45, 7) is 3.53. The van der Waals surface area contributed by atoms with Crippen LogP contribution in [0.25, 0.3) is 10.9 Å². The fourth-order valence-electron chi connectivity index (χ4n) is 4.53. The lowest BCUT2D eigenvalue weighted by Gasteiger charge is -2.24. The van der Waals surface area contributed by atoms with Gasteiger partial charge in [-0.2, -0.15) is 0 Å². The first-order chi connectivity index (χ1) is 17.5. The first-order valence-electron chi connectivity index (χ1n) is 11.7. The molecule has 36 heavy (non-hydrogen) atoms. The molecule has 1 aromatic heterocycles. The van der Waals surface area contributed by atoms with Crippen molar-refractivity contribution < 1.29 is 23.4 Å². The van der Waals surface area contributed by atoms with Crippen molar-refractivity contribution in [1.29, 1.82) is 0 Å². The van der Waals surface area contributed by atoms with Gasteiger partial charge in [0.05, 0.1) is 43.1 Å². The lowest BCUT2D eigenvalue weighted by Crippen LogP contribution is -2.36. The first-order valence-corrected chi connectivity index (χ1v) is 12.1. The minimum Gasteiger partial charge on any atom is -0.496 e. The fourth-order valence-corrected chi connectivity index (χ4v) is 4.71. The number of halogens is 2. The van der Waals surface area contributed by atoms with E-state index < -0.39 is 5.82 Å². The largest absolute Gasteiger partial charge is 0.496 e. The van der Waals surface area contributed by atoms with Crippen LogP contribution < -0.4 is 10.1 Å². The number of hydrogen-bond donors (Lipinski definition) is 1. The molecule has 0 bridgehead atoms. The van der Waals surface area contributed by atoms with Crippen molar-refractivity contribution in [2.24, 2.45) is 0 Å². The minimum absolute atomic E-state index is 0.00542. The normalized spacial score (nSPS) is 20.1. The number of fused-ring (bicyclic) bond motifs is 2. The molecule has 0 unspecified atom stereocenters. The summed E-state index contributed by atoms with van der Waals surface area (Å²) < 4.78 is 30.6. The van der Waals surface area contributed by atoms with Crippen molar-refractivity contribution in [3.05, 3.63) is 65.2 Å². The van der Waals surface area contributed by atoms with Crippen LogP contribution in [-0.2, 0) is 20.7 Å². The Bertz CT molecular complexity index is 1290. The number of ether oxygens (including phenoxy) is 3. The van der Waals surface area contributed by atoms with Crippen LogP contribution in [-0.4, -0.2) is 72.8 Å². The van der Waals surface area contributed by atoms with Crippen molar-refractivity contribution in [2.75, 3.05) is 45.3 Å². The standard InChI is InChI=1S/C26H26ClFN4O4/c1-34-23-12-22-19(26(30-15-29-22)31-17-4-5-21(28)20(27)11-17)10-16(23)9-18(33)3-2-6-32-13-24-25(14-32)36-8-7-35-24/h2-5,10-12,15,24-25H,6-9,13-14H2,1H3,(H,29,30,31)/b3-2+/t24-,25+. The highest BCUT2D eigenvalue weighted by Gasteiger charge is 2.35. The van der Waals surface area contributed by atoms with Crippen LogP contribution in [0.3, 0.4) is 0 Å². The van der Waals surface area contributed by atoms with E-state index in [9.17, 15) is 9.18 Å². The van der Waals surface area contributed by atoms with Crippen LogP contribution in [0, 0.1) is 5.82 Å². The summed E-state index contributed by atoms with van der Waals surface area (Å²) in [7, 11) is 1.56. The molecule has 0 saturated carbocycles. The lowest BCUT2D eigenvalue weighted by molar-refractivity contribution is -0.116. The Balaban J connectivity index is 1.30. The third kappa shape index (κ3) is 5.49. The number of anilines is 2. The SMILES string of the molecule is COc1cc2ncnc(Nc3ccc(F)c(Cl)c3)c2cc1CC(=O)/C=C/CN1C[C@@H]2OCCO[C@@H]2C1. The number of nitrogens with one attached hydrogen (secondary N) is 1. The van der Waals surface area contributed by atoms with Gasteiger partial charge >= 0.3 is 0 Å². The number of methoxy groups -OCH3 is 1. The number of hydrogen-bond acceptors (Lipinski definition) is 8. The van der Waals surface area contributed by atoms with Gasteiger partial charge in [0.1, 0.15) is 23.7 Å². The van der Waals surface area contributed by atoms with Crippen molar-refractivity contribution in [2.45, 2.75) is 18.6 Å². The molecule has 188 valence electrons. The smallest absolute Gasteiger partial charge is 0.159 e. The van der Waals surface area contributed by atoms with E-state index in [0.717, 1.165) is 13.1 Å². The summed E-state index contributed by atoms with van der Waals surface area (Å²) in [6.07, 6.45) is 5.29. The van der Waals surface area contributed by atoms with Crippen LogP contribution in [0.1, 0.15) is 5.56 Å².